The molecule has 0 atom stereocenters. The first-order valence-corrected chi connectivity index (χ1v) is 9.20. The van der Waals surface area contributed by atoms with Gasteiger partial charge in [0.15, 0.2) is 0 Å². The average molecular weight is 436 g/mol. The van der Waals surface area contributed by atoms with E-state index in [9.17, 15) is 4.79 Å². The third kappa shape index (κ3) is 4.38. The maximum atomic E-state index is 12.6. The van der Waals surface area contributed by atoms with Crippen LogP contribution in [0.1, 0.15) is 63.0 Å². The molecule has 0 fully saturated rings. The number of hydrogen-bond acceptors (Lipinski definition) is 2. The number of carbonyl (C=O) groups is 1. The van der Waals surface area contributed by atoms with Crippen molar-refractivity contribution in [1.82, 2.24) is 0 Å². The number of esters is 1. The van der Waals surface area contributed by atoms with Gasteiger partial charge in [-0.1, -0.05) is 65.8 Å². The van der Waals surface area contributed by atoms with E-state index in [2.05, 4.69) is 70.2 Å². The topological polar surface area (TPSA) is 26.3 Å². The summed E-state index contributed by atoms with van der Waals surface area (Å²) in [7, 11) is 0. The third-order valence-corrected chi connectivity index (χ3v) is 4.89. The molecule has 0 saturated heterocycles. The normalized spacial score (nSPS) is 12.1. The Morgan fingerprint density at radius 2 is 1.54 bits per heavy atom. The van der Waals surface area contributed by atoms with Crippen molar-refractivity contribution in [1.29, 1.82) is 0 Å². The summed E-state index contributed by atoms with van der Waals surface area (Å²) in [6.45, 7) is 13.0. The molecule has 0 aliphatic heterocycles. The number of benzene rings is 2. The summed E-state index contributed by atoms with van der Waals surface area (Å²) in [6.07, 6.45) is 0. The van der Waals surface area contributed by atoms with Gasteiger partial charge in [0.25, 0.3) is 0 Å². The van der Waals surface area contributed by atoms with E-state index in [1.807, 2.05) is 30.3 Å². The molecular weight excluding hydrogens is 411 g/mol. The maximum Gasteiger partial charge on any atom is 0.344 e. The first kappa shape index (κ1) is 19.0. The largest absolute Gasteiger partial charge is 0.423 e. The Kier molecular flexibility index (Phi) is 5.43. The Labute approximate surface area is 158 Å². The first-order chi connectivity index (χ1) is 11.0. The zero-order valence-corrected chi connectivity index (χ0v) is 17.4. The molecule has 0 heterocycles. The van der Waals surface area contributed by atoms with Crippen LogP contribution in [0.15, 0.2) is 42.5 Å². The van der Waals surface area contributed by atoms with Crippen LogP contribution in [0, 0.1) is 3.57 Å². The highest BCUT2D eigenvalue weighted by atomic mass is 127. The monoisotopic (exact) mass is 436 g/mol. The molecule has 0 N–H and O–H groups in total. The number of carbonyl (C=O) groups excluding carboxylic acids is 1. The lowest BCUT2D eigenvalue weighted by Crippen LogP contribution is -2.19. The number of hydrogen-bond donors (Lipinski definition) is 0. The van der Waals surface area contributed by atoms with Gasteiger partial charge in [0, 0.05) is 9.13 Å². The Hall–Kier alpha value is -1.36. The second kappa shape index (κ2) is 6.87. The van der Waals surface area contributed by atoms with Gasteiger partial charge >= 0.3 is 5.97 Å². The molecule has 3 heteroatoms. The predicted molar refractivity (Wildman–Crippen MR) is 108 cm³/mol. The molecule has 2 rings (SSSR count). The number of halogens is 1. The minimum Gasteiger partial charge on any atom is -0.423 e. The van der Waals surface area contributed by atoms with Crippen LogP contribution in [0.4, 0.5) is 0 Å². The standard InChI is InChI=1S/C21H25IO2/c1-20(2,3)14-11-12-18(16(13-14)21(4,5)6)24-19(23)15-9-7-8-10-17(15)22/h7-13H,1-6H3. The van der Waals surface area contributed by atoms with E-state index in [-0.39, 0.29) is 16.8 Å². The fraction of sp³-hybridized carbons (Fsp3) is 0.381. The minimum absolute atomic E-state index is 0.0529. The molecule has 2 nitrogen and oxygen atoms in total. The van der Waals surface area contributed by atoms with Crippen LogP contribution in [0.2, 0.25) is 0 Å². The summed E-state index contributed by atoms with van der Waals surface area (Å²) in [5.74, 6) is 0.328. The van der Waals surface area contributed by atoms with Gasteiger partial charge in [-0.15, -0.1) is 0 Å². The van der Waals surface area contributed by atoms with Crippen LogP contribution in [-0.4, -0.2) is 5.97 Å². The van der Waals surface area contributed by atoms with Crippen molar-refractivity contribution in [2.45, 2.75) is 52.4 Å². The van der Waals surface area contributed by atoms with Crippen LogP contribution in [0.5, 0.6) is 5.75 Å². The quantitative estimate of drug-likeness (QED) is 0.323. The molecule has 24 heavy (non-hydrogen) atoms. The van der Waals surface area contributed by atoms with Crippen LogP contribution in [0.3, 0.4) is 0 Å². The molecular formula is C21H25IO2. The van der Waals surface area contributed by atoms with Crippen molar-refractivity contribution in [2.24, 2.45) is 0 Å². The zero-order valence-electron chi connectivity index (χ0n) is 15.2. The van der Waals surface area contributed by atoms with Crippen LogP contribution < -0.4 is 4.74 Å². The Bertz CT molecular complexity index is 749. The fourth-order valence-corrected chi connectivity index (χ4v) is 3.06. The van der Waals surface area contributed by atoms with E-state index in [1.165, 1.54) is 5.56 Å². The lowest BCUT2D eigenvalue weighted by molar-refractivity contribution is 0.0730. The smallest absolute Gasteiger partial charge is 0.344 e. The van der Waals surface area contributed by atoms with E-state index in [0.29, 0.717) is 11.3 Å². The Morgan fingerprint density at radius 1 is 0.917 bits per heavy atom. The van der Waals surface area contributed by atoms with Crippen molar-refractivity contribution < 1.29 is 9.53 Å². The molecule has 0 aromatic heterocycles. The summed E-state index contributed by atoms with van der Waals surface area (Å²) in [6, 6.07) is 13.6. The molecule has 0 bridgehead atoms. The van der Waals surface area contributed by atoms with E-state index >= 15 is 0 Å². The van der Waals surface area contributed by atoms with Crippen molar-refractivity contribution >= 4 is 28.6 Å². The summed E-state index contributed by atoms with van der Waals surface area (Å²) in [5.41, 5.74) is 2.83. The highest BCUT2D eigenvalue weighted by molar-refractivity contribution is 14.1. The molecule has 0 unspecified atom stereocenters. The third-order valence-electron chi connectivity index (χ3n) is 3.95. The van der Waals surface area contributed by atoms with Gasteiger partial charge in [-0.2, -0.15) is 0 Å². The van der Waals surface area contributed by atoms with Crippen LogP contribution in [0.25, 0.3) is 0 Å². The summed E-state index contributed by atoms with van der Waals surface area (Å²) in [5, 5.41) is 0. The predicted octanol–water partition coefficient (Wildman–Crippen LogP) is 6.11. The van der Waals surface area contributed by atoms with Crippen molar-refractivity contribution in [3.63, 3.8) is 0 Å². The summed E-state index contributed by atoms with van der Waals surface area (Å²) in [4.78, 5) is 12.6. The molecule has 2 aromatic carbocycles. The van der Waals surface area contributed by atoms with Gasteiger partial charge in [-0.05, 0) is 57.2 Å². The molecule has 0 saturated carbocycles. The van der Waals surface area contributed by atoms with Gasteiger partial charge in [-0.25, -0.2) is 4.79 Å². The highest BCUT2D eigenvalue weighted by Crippen LogP contribution is 2.36. The van der Waals surface area contributed by atoms with E-state index < -0.39 is 0 Å². The van der Waals surface area contributed by atoms with E-state index in [4.69, 9.17) is 4.74 Å². The van der Waals surface area contributed by atoms with Crippen LogP contribution >= 0.6 is 22.6 Å². The Balaban J connectivity index is 2.43. The highest BCUT2D eigenvalue weighted by Gasteiger charge is 2.24. The van der Waals surface area contributed by atoms with Crippen molar-refractivity contribution in [3.05, 3.63) is 62.7 Å². The van der Waals surface area contributed by atoms with Gasteiger partial charge in [-0.3, -0.25) is 0 Å². The molecule has 0 aliphatic carbocycles. The van der Waals surface area contributed by atoms with Gasteiger partial charge < -0.3 is 4.74 Å². The first-order valence-electron chi connectivity index (χ1n) is 8.12. The molecule has 128 valence electrons. The second-order valence-corrected chi connectivity index (χ2v) is 9.24. The van der Waals surface area contributed by atoms with Crippen molar-refractivity contribution in [3.8, 4) is 5.75 Å². The summed E-state index contributed by atoms with van der Waals surface area (Å²) >= 11 is 2.16. The number of rotatable bonds is 2. The number of ether oxygens (including phenoxy) is 1. The molecule has 2 aromatic rings. The second-order valence-electron chi connectivity index (χ2n) is 8.08. The van der Waals surface area contributed by atoms with Gasteiger partial charge in [0.2, 0.25) is 0 Å². The lowest BCUT2D eigenvalue weighted by atomic mass is 9.80. The summed E-state index contributed by atoms with van der Waals surface area (Å²) < 4.78 is 6.66. The van der Waals surface area contributed by atoms with Gasteiger partial charge in [0.1, 0.15) is 5.75 Å². The van der Waals surface area contributed by atoms with Crippen molar-refractivity contribution in [2.75, 3.05) is 0 Å². The molecule has 0 spiro atoms. The Morgan fingerprint density at radius 3 is 2.08 bits per heavy atom. The lowest BCUT2D eigenvalue weighted by Gasteiger charge is -2.26. The molecule has 0 radical (unpaired) electrons. The molecule has 0 amide bonds. The van der Waals surface area contributed by atoms with Gasteiger partial charge in [0.05, 0.1) is 5.56 Å². The average Bonchev–Trinajstić information content (AvgIpc) is 2.45. The zero-order chi connectivity index (χ0) is 18.1. The van der Waals surface area contributed by atoms with E-state index in [1.54, 1.807) is 6.07 Å². The SMILES string of the molecule is CC(C)(C)c1ccc(OC(=O)c2ccccc2I)c(C(C)(C)C)c1. The minimum atomic E-state index is -0.311. The van der Waals surface area contributed by atoms with Crippen LogP contribution in [-0.2, 0) is 10.8 Å². The molecule has 0 aliphatic rings. The van der Waals surface area contributed by atoms with E-state index in [0.717, 1.165) is 9.13 Å². The maximum absolute atomic E-state index is 12.6. The fourth-order valence-electron chi connectivity index (χ4n) is 2.45.